The second kappa shape index (κ2) is 11.3. The van der Waals surface area contributed by atoms with Gasteiger partial charge in [0, 0.05) is 18.8 Å². The zero-order valence-electron chi connectivity index (χ0n) is 17.7. The van der Waals surface area contributed by atoms with Crippen LogP contribution in [0.2, 0.25) is 0 Å². The van der Waals surface area contributed by atoms with Crippen molar-refractivity contribution < 1.29 is 13.9 Å². The predicted molar refractivity (Wildman–Crippen MR) is 124 cm³/mol. The standard InChI is InChI=1S/C23H27FN4O2S/c1-3-29-20-9-8-17(15-21(20)30-4-2)10-12-25-23(31)26-22-11-13-28(27-22)16-18-6-5-7-19(24)14-18/h5-9,11,13-15H,3-4,10,12,16H2,1-2H3,(H2,25,26,27,31). The predicted octanol–water partition coefficient (Wildman–Crippen LogP) is 4.40. The molecule has 0 aliphatic rings. The molecule has 6 nitrogen and oxygen atoms in total. The Morgan fingerprint density at radius 1 is 1.03 bits per heavy atom. The summed E-state index contributed by atoms with van der Waals surface area (Å²) in [6.45, 7) is 6.23. The SMILES string of the molecule is CCOc1ccc(CCNC(=S)Nc2ccn(Cc3cccc(F)c3)n2)cc1OCC. The van der Waals surface area contributed by atoms with Gasteiger partial charge < -0.3 is 20.1 Å². The van der Waals surface area contributed by atoms with Gasteiger partial charge in [-0.15, -0.1) is 0 Å². The van der Waals surface area contributed by atoms with Gasteiger partial charge in [-0.3, -0.25) is 4.68 Å². The van der Waals surface area contributed by atoms with Gasteiger partial charge >= 0.3 is 0 Å². The monoisotopic (exact) mass is 442 g/mol. The van der Waals surface area contributed by atoms with Crippen molar-refractivity contribution in [2.45, 2.75) is 26.8 Å². The maximum absolute atomic E-state index is 13.3. The normalized spacial score (nSPS) is 10.5. The van der Waals surface area contributed by atoms with Crippen molar-refractivity contribution in [1.29, 1.82) is 0 Å². The molecule has 0 bridgehead atoms. The molecule has 1 heterocycles. The van der Waals surface area contributed by atoms with Gasteiger partial charge in [0.15, 0.2) is 22.4 Å². The molecule has 0 saturated heterocycles. The van der Waals surface area contributed by atoms with Gasteiger partial charge in [-0.05, 0) is 67.9 Å². The fourth-order valence-electron chi connectivity index (χ4n) is 3.07. The summed E-state index contributed by atoms with van der Waals surface area (Å²) in [4.78, 5) is 0. The average Bonchev–Trinajstić information content (AvgIpc) is 3.16. The van der Waals surface area contributed by atoms with Crippen LogP contribution in [0.1, 0.15) is 25.0 Å². The Bertz CT molecular complexity index is 1010. The van der Waals surface area contributed by atoms with Gasteiger partial charge in [-0.25, -0.2) is 4.39 Å². The van der Waals surface area contributed by atoms with E-state index in [-0.39, 0.29) is 5.82 Å². The molecule has 0 aliphatic heterocycles. The van der Waals surface area contributed by atoms with Crippen LogP contribution in [0.3, 0.4) is 0 Å². The van der Waals surface area contributed by atoms with E-state index in [0.717, 1.165) is 29.0 Å². The van der Waals surface area contributed by atoms with Gasteiger partial charge in [-0.2, -0.15) is 5.10 Å². The third kappa shape index (κ3) is 6.96. The average molecular weight is 443 g/mol. The molecular weight excluding hydrogens is 415 g/mol. The van der Waals surface area contributed by atoms with Gasteiger partial charge in [0.05, 0.1) is 19.8 Å². The second-order valence-corrected chi connectivity index (χ2v) is 7.21. The van der Waals surface area contributed by atoms with Crippen molar-refractivity contribution >= 4 is 23.1 Å². The Morgan fingerprint density at radius 3 is 2.61 bits per heavy atom. The van der Waals surface area contributed by atoms with Crippen molar-refractivity contribution in [3.8, 4) is 11.5 Å². The smallest absolute Gasteiger partial charge is 0.172 e. The molecule has 3 rings (SSSR count). The molecule has 0 saturated carbocycles. The summed E-state index contributed by atoms with van der Waals surface area (Å²) in [7, 11) is 0. The number of nitrogens with one attached hydrogen (secondary N) is 2. The van der Waals surface area contributed by atoms with Crippen LogP contribution in [-0.2, 0) is 13.0 Å². The summed E-state index contributed by atoms with van der Waals surface area (Å²) >= 11 is 5.36. The number of ether oxygens (including phenoxy) is 2. The largest absolute Gasteiger partial charge is 0.490 e. The summed E-state index contributed by atoms with van der Waals surface area (Å²) in [5, 5.41) is 11.2. The highest BCUT2D eigenvalue weighted by Gasteiger charge is 2.07. The van der Waals surface area contributed by atoms with Gasteiger partial charge in [0.25, 0.3) is 0 Å². The van der Waals surface area contributed by atoms with E-state index in [0.29, 0.717) is 37.2 Å². The van der Waals surface area contributed by atoms with E-state index < -0.39 is 0 Å². The molecule has 3 aromatic rings. The lowest BCUT2D eigenvalue weighted by Crippen LogP contribution is -2.30. The molecule has 8 heteroatoms. The summed E-state index contributed by atoms with van der Waals surface area (Å²) in [5.41, 5.74) is 1.97. The number of nitrogens with zero attached hydrogens (tertiary/aromatic N) is 2. The zero-order chi connectivity index (χ0) is 22.1. The first-order valence-electron chi connectivity index (χ1n) is 10.3. The quantitative estimate of drug-likeness (QED) is 0.454. The molecule has 0 spiro atoms. The maximum Gasteiger partial charge on any atom is 0.172 e. The van der Waals surface area contributed by atoms with Crippen LogP contribution in [0.15, 0.2) is 54.7 Å². The minimum Gasteiger partial charge on any atom is -0.490 e. The second-order valence-electron chi connectivity index (χ2n) is 6.81. The molecule has 0 fully saturated rings. The summed E-state index contributed by atoms with van der Waals surface area (Å²) < 4.78 is 26.3. The number of aromatic nitrogens is 2. The summed E-state index contributed by atoms with van der Waals surface area (Å²) in [6.07, 6.45) is 2.60. The van der Waals surface area contributed by atoms with Crippen LogP contribution in [0.25, 0.3) is 0 Å². The number of anilines is 1. The number of halogens is 1. The van der Waals surface area contributed by atoms with Gasteiger partial charge in [0.1, 0.15) is 5.82 Å². The molecular formula is C23H27FN4O2S. The first-order valence-corrected chi connectivity index (χ1v) is 10.7. The van der Waals surface area contributed by atoms with Crippen LogP contribution < -0.4 is 20.1 Å². The molecule has 2 N–H and O–H groups in total. The van der Waals surface area contributed by atoms with E-state index in [9.17, 15) is 4.39 Å². The van der Waals surface area contributed by atoms with E-state index in [2.05, 4.69) is 15.7 Å². The fourth-order valence-corrected chi connectivity index (χ4v) is 3.28. The van der Waals surface area contributed by atoms with Gasteiger partial charge in [0.2, 0.25) is 0 Å². The molecule has 164 valence electrons. The number of thiocarbonyl (C=S) groups is 1. The Labute approximate surface area is 187 Å². The van der Waals surface area contributed by atoms with Crippen LogP contribution >= 0.6 is 12.2 Å². The molecule has 0 atom stereocenters. The van der Waals surface area contributed by atoms with E-state index >= 15 is 0 Å². The Kier molecular flexibility index (Phi) is 8.23. The molecule has 2 aromatic carbocycles. The third-order valence-corrected chi connectivity index (χ3v) is 4.67. The van der Waals surface area contributed by atoms with Crippen LogP contribution in [0, 0.1) is 5.82 Å². The molecule has 31 heavy (non-hydrogen) atoms. The lowest BCUT2D eigenvalue weighted by molar-refractivity contribution is 0.287. The molecule has 1 aromatic heterocycles. The number of hydrogen-bond acceptors (Lipinski definition) is 4. The minimum absolute atomic E-state index is 0.255. The van der Waals surface area contributed by atoms with Crippen molar-refractivity contribution in [3.05, 3.63) is 71.7 Å². The minimum atomic E-state index is -0.255. The van der Waals surface area contributed by atoms with Crippen LogP contribution in [-0.4, -0.2) is 34.7 Å². The lowest BCUT2D eigenvalue weighted by Gasteiger charge is -2.13. The van der Waals surface area contributed by atoms with E-state index in [1.54, 1.807) is 10.7 Å². The Balaban J connectivity index is 1.47. The third-order valence-electron chi connectivity index (χ3n) is 4.42. The zero-order valence-corrected chi connectivity index (χ0v) is 18.5. The number of hydrogen-bond donors (Lipinski definition) is 2. The maximum atomic E-state index is 13.3. The number of rotatable bonds is 10. The van der Waals surface area contributed by atoms with Crippen molar-refractivity contribution in [2.75, 3.05) is 25.1 Å². The topological polar surface area (TPSA) is 60.3 Å². The van der Waals surface area contributed by atoms with Crippen molar-refractivity contribution in [1.82, 2.24) is 15.1 Å². The van der Waals surface area contributed by atoms with E-state index in [1.807, 2.05) is 50.4 Å². The van der Waals surface area contributed by atoms with Crippen LogP contribution in [0.5, 0.6) is 11.5 Å². The first-order chi connectivity index (χ1) is 15.1. The highest BCUT2D eigenvalue weighted by molar-refractivity contribution is 7.80. The highest BCUT2D eigenvalue weighted by Crippen LogP contribution is 2.28. The summed E-state index contributed by atoms with van der Waals surface area (Å²) in [5.74, 6) is 1.89. The van der Waals surface area contributed by atoms with E-state index in [4.69, 9.17) is 21.7 Å². The molecule has 0 amide bonds. The molecule has 0 radical (unpaired) electrons. The molecule has 0 aliphatic carbocycles. The molecule has 0 unspecified atom stereocenters. The van der Waals surface area contributed by atoms with Crippen molar-refractivity contribution in [3.63, 3.8) is 0 Å². The van der Waals surface area contributed by atoms with Crippen LogP contribution in [0.4, 0.5) is 10.2 Å². The highest BCUT2D eigenvalue weighted by atomic mass is 32.1. The summed E-state index contributed by atoms with van der Waals surface area (Å²) in [6, 6.07) is 14.3. The van der Waals surface area contributed by atoms with Gasteiger partial charge in [-0.1, -0.05) is 18.2 Å². The van der Waals surface area contributed by atoms with E-state index in [1.165, 1.54) is 12.1 Å². The lowest BCUT2D eigenvalue weighted by atomic mass is 10.1. The van der Waals surface area contributed by atoms with Crippen molar-refractivity contribution in [2.24, 2.45) is 0 Å². The number of benzene rings is 2. The Morgan fingerprint density at radius 2 is 1.84 bits per heavy atom. The Hall–Kier alpha value is -3.13. The first kappa shape index (κ1) is 22.6. The fraction of sp³-hybridized carbons (Fsp3) is 0.304.